The molecule has 5 heteroatoms. The van der Waals surface area contributed by atoms with Crippen molar-refractivity contribution >= 4 is 23.2 Å². The molecule has 0 heterocycles. The van der Waals surface area contributed by atoms with Gasteiger partial charge in [0.1, 0.15) is 0 Å². The highest BCUT2D eigenvalue weighted by Gasteiger charge is 2.26. The van der Waals surface area contributed by atoms with Crippen molar-refractivity contribution in [2.24, 2.45) is 11.7 Å². The first-order valence-electron chi connectivity index (χ1n) is 9.49. The van der Waals surface area contributed by atoms with Crippen molar-refractivity contribution in [3.8, 4) is 0 Å². The van der Waals surface area contributed by atoms with Crippen LogP contribution in [0.15, 0.2) is 54.6 Å². The number of hydrogen-bond acceptors (Lipinski definition) is 3. The fraction of sp³-hybridized carbons (Fsp3) is 0.364. The molecule has 3 N–H and O–H groups in total. The van der Waals surface area contributed by atoms with E-state index in [0.29, 0.717) is 12.8 Å². The lowest BCUT2D eigenvalue weighted by molar-refractivity contribution is -0.118. The molecular weight excluding hydrogens is 338 g/mol. The molecular formula is C22H27N3O2. The monoisotopic (exact) mass is 365 g/mol. The third-order valence-electron chi connectivity index (χ3n) is 5.28. The topological polar surface area (TPSA) is 75.4 Å². The SMILES string of the molecule is CN(C(=O)Cc1ccc(NC(=O)C[C@@H]2CCC[C@H]2N)cc1)c1ccccc1. The molecule has 1 aliphatic rings. The Kier molecular flexibility index (Phi) is 6.24. The van der Waals surface area contributed by atoms with E-state index in [4.69, 9.17) is 5.73 Å². The first kappa shape index (κ1) is 19.1. The zero-order valence-corrected chi connectivity index (χ0v) is 15.7. The second-order valence-electron chi connectivity index (χ2n) is 7.27. The average Bonchev–Trinajstić information content (AvgIpc) is 3.08. The van der Waals surface area contributed by atoms with Crippen molar-refractivity contribution in [3.05, 3.63) is 60.2 Å². The molecule has 0 saturated heterocycles. The lowest BCUT2D eigenvalue weighted by atomic mass is 10.00. The summed E-state index contributed by atoms with van der Waals surface area (Å²) in [6.07, 6.45) is 3.95. The van der Waals surface area contributed by atoms with E-state index in [1.54, 1.807) is 11.9 Å². The normalized spacial score (nSPS) is 18.9. The van der Waals surface area contributed by atoms with Gasteiger partial charge in [0, 0.05) is 30.9 Å². The third kappa shape index (κ3) is 5.17. The highest BCUT2D eigenvalue weighted by Crippen LogP contribution is 2.27. The van der Waals surface area contributed by atoms with Gasteiger partial charge in [0.15, 0.2) is 0 Å². The van der Waals surface area contributed by atoms with Gasteiger partial charge in [-0.15, -0.1) is 0 Å². The van der Waals surface area contributed by atoms with Crippen LogP contribution in [0.25, 0.3) is 0 Å². The van der Waals surface area contributed by atoms with E-state index in [1.807, 2.05) is 54.6 Å². The van der Waals surface area contributed by atoms with E-state index in [2.05, 4.69) is 5.32 Å². The standard InChI is InChI=1S/C22H27N3O2/c1-25(19-7-3-2-4-8-19)22(27)14-16-10-12-18(13-11-16)24-21(26)15-17-6-5-9-20(17)23/h2-4,7-8,10-13,17,20H,5-6,9,14-15,23H2,1H3,(H,24,26)/t17-,20+/m0/s1. The Bertz CT molecular complexity index is 774. The maximum atomic E-state index is 12.4. The molecule has 2 amide bonds. The predicted octanol–water partition coefficient (Wildman–Crippen LogP) is 3.35. The second-order valence-corrected chi connectivity index (χ2v) is 7.27. The van der Waals surface area contributed by atoms with Crippen LogP contribution in [-0.4, -0.2) is 24.9 Å². The van der Waals surface area contributed by atoms with E-state index >= 15 is 0 Å². The van der Waals surface area contributed by atoms with Gasteiger partial charge in [0.25, 0.3) is 0 Å². The Hall–Kier alpha value is -2.66. The van der Waals surface area contributed by atoms with Crippen LogP contribution in [0.4, 0.5) is 11.4 Å². The number of likely N-dealkylation sites (N-methyl/N-ethyl adjacent to an activating group) is 1. The largest absolute Gasteiger partial charge is 0.327 e. The fourth-order valence-corrected chi connectivity index (χ4v) is 3.56. The summed E-state index contributed by atoms with van der Waals surface area (Å²) in [7, 11) is 1.78. The molecule has 5 nitrogen and oxygen atoms in total. The summed E-state index contributed by atoms with van der Waals surface area (Å²) in [5, 5.41) is 2.93. The number of nitrogens with two attached hydrogens (primary N) is 1. The molecule has 2 aromatic rings. The minimum absolute atomic E-state index is 0.00462. The third-order valence-corrected chi connectivity index (χ3v) is 5.28. The molecule has 0 unspecified atom stereocenters. The van der Waals surface area contributed by atoms with E-state index in [9.17, 15) is 9.59 Å². The first-order valence-corrected chi connectivity index (χ1v) is 9.49. The molecule has 3 rings (SSSR count). The summed E-state index contributed by atoms with van der Waals surface area (Å²) < 4.78 is 0. The van der Waals surface area contributed by atoms with Crippen LogP contribution >= 0.6 is 0 Å². The molecule has 2 aromatic carbocycles. The number of rotatable bonds is 6. The lowest BCUT2D eigenvalue weighted by Gasteiger charge is -2.17. The van der Waals surface area contributed by atoms with Gasteiger partial charge in [0.05, 0.1) is 6.42 Å². The molecule has 2 atom stereocenters. The summed E-state index contributed by atoms with van der Waals surface area (Å²) in [6.45, 7) is 0. The number of amides is 2. The summed E-state index contributed by atoms with van der Waals surface area (Å²) >= 11 is 0. The van der Waals surface area contributed by atoms with Gasteiger partial charge in [-0.1, -0.05) is 36.8 Å². The Balaban J connectivity index is 1.52. The zero-order chi connectivity index (χ0) is 19.2. The van der Waals surface area contributed by atoms with Crippen LogP contribution in [0.5, 0.6) is 0 Å². The number of carbonyl (C=O) groups excluding carboxylic acids is 2. The van der Waals surface area contributed by atoms with Crippen molar-refractivity contribution in [2.45, 2.75) is 38.1 Å². The van der Waals surface area contributed by atoms with Crippen LogP contribution in [0, 0.1) is 5.92 Å². The summed E-state index contributed by atoms with van der Waals surface area (Å²) in [5.41, 5.74) is 8.57. The molecule has 0 bridgehead atoms. The van der Waals surface area contributed by atoms with Gasteiger partial charge in [-0.3, -0.25) is 9.59 Å². The molecule has 27 heavy (non-hydrogen) atoms. The van der Waals surface area contributed by atoms with Gasteiger partial charge in [-0.05, 0) is 48.6 Å². The summed E-state index contributed by atoms with van der Waals surface area (Å²) in [5.74, 6) is 0.314. The Morgan fingerprint density at radius 1 is 1.07 bits per heavy atom. The summed E-state index contributed by atoms with van der Waals surface area (Å²) in [4.78, 5) is 26.3. The van der Waals surface area contributed by atoms with E-state index in [-0.39, 0.29) is 23.8 Å². The molecule has 0 aliphatic heterocycles. The van der Waals surface area contributed by atoms with Crippen LogP contribution in [0.3, 0.4) is 0 Å². The fourth-order valence-electron chi connectivity index (χ4n) is 3.56. The Labute approximate surface area is 160 Å². The Morgan fingerprint density at radius 3 is 2.41 bits per heavy atom. The summed E-state index contributed by atoms with van der Waals surface area (Å²) in [6, 6.07) is 17.2. The van der Waals surface area contributed by atoms with Crippen LogP contribution < -0.4 is 16.0 Å². The van der Waals surface area contributed by atoms with Crippen molar-refractivity contribution in [1.29, 1.82) is 0 Å². The number of anilines is 2. The van der Waals surface area contributed by atoms with E-state index < -0.39 is 0 Å². The van der Waals surface area contributed by atoms with Crippen LogP contribution in [0.1, 0.15) is 31.2 Å². The molecule has 1 saturated carbocycles. The van der Waals surface area contributed by atoms with Gasteiger partial charge in [0.2, 0.25) is 11.8 Å². The molecule has 1 aliphatic carbocycles. The highest BCUT2D eigenvalue weighted by atomic mass is 16.2. The van der Waals surface area contributed by atoms with Gasteiger partial charge >= 0.3 is 0 Å². The molecule has 142 valence electrons. The number of hydrogen-bond donors (Lipinski definition) is 2. The van der Waals surface area contributed by atoms with Gasteiger partial charge < -0.3 is 16.0 Å². The quantitative estimate of drug-likeness (QED) is 0.824. The molecule has 1 fully saturated rings. The van der Waals surface area contributed by atoms with E-state index in [0.717, 1.165) is 36.2 Å². The number of carbonyl (C=O) groups is 2. The maximum absolute atomic E-state index is 12.4. The molecule has 0 radical (unpaired) electrons. The first-order chi connectivity index (χ1) is 13.0. The Morgan fingerprint density at radius 2 is 1.78 bits per heavy atom. The van der Waals surface area contributed by atoms with Crippen LogP contribution in [-0.2, 0) is 16.0 Å². The molecule has 0 aromatic heterocycles. The van der Waals surface area contributed by atoms with Crippen molar-refractivity contribution in [1.82, 2.24) is 0 Å². The number of nitrogens with zero attached hydrogens (tertiary/aromatic N) is 1. The predicted molar refractivity (Wildman–Crippen MR) is 109 cm³/mol. The van der Waals surface area contributed by atoms with Crippen LogP contribution in [0.2, 0.25) is 0 Å². The van der Waals surface area contributed by atoms with Crippen molar-refractivity contribution in [2.75, 3.05) is 17.3 Å². The lowest BCUT2D eigenvalue weighted by Crippen LogP contribution is -2.28. The molecule has 0 spiro atoms. The van der Waals surface area contributed by atoms with Gasteiger partial charge in [-0.2, -0.15) is 0 Å². The second kappa shape index (κ2) is 8.82. The zero-order valence-electron chi connectivity index (χ0n) is 15.7. The number of para-hydroxylation sites is 1. The van der Waals surface area contributed by atoms with Crippen molar-refractivity contribution in [3.63, 3.8) is 0 Å². The number of benzene rings is 2. The number of nitrogens with one attached hydrogen (secondary N) is 1. The van der Waals surface area contributed by atoms with Gasteiger partial charge in [-0.25, -0.2) is 0 Å². The van der Waals surface area contributed by atoms with E-state index in [1.165, 1.54) is 0 Å². The average molecular weight is 365 g/mol. The highest BCUT2D eigenvalue weighted by molar-refractivity contribution is 5.94. The minimum atomic E-state index is 0.00462. The smallest absolute Gasteiger partial charge is 0.231 e. The van der Waals surface area contributed by atoms with Crippen molar-refractivity contribution < 1.29 is 9.59 Å². The maximum Gasteiger partial charge on any atom is 0.231 e. The minimum Gasteiger partial charge on any atom is -0.327 e.